The summed E-state index contributed by atoms with van der Waals surface area (Å²) in [7, 11) is -3.66. The molecular formula is C12H14ClN3O2S2. The minimum Gasteiger partial charge on any atom is -0.398 e. The summed E-state index contributed by atoms with van der Waals surface area (Å²) >= 11 is 7.34. The lowest BCUT2D eigenvalue weighted by atomic mass is 10.3. The van der Waals surface area contributed by atoms with Gasteiger partial charge in [0.25, 0.3) is 0 Å². The van der Waals surface area contributed by atoms with Gasteiger partial charge in [0.15, 0.2) is 0 Å². The van der Waals surface area contributed by atoms with Crippen LogP contribution in [-0.4, -0.2) is 19.9 Å². The summed E-state index contributed by atoms with van der Waals surface area (Å²) in [6.07, 6.45) is 0.532. The minimum atomic E-state index is -3.66. The fourth-order valence-corrected chi connectivity index (χ4v) is 3.73. The van der Waals surface area contributed by atoms with Crippen molar-refractivity contribution in [2.24, 2.45) is 0 Å². The van der Waals surface area contributed by atoms with E-state index in [9.17, 15) is 8.42 Å². The van der Waals surface area contributed by atoms with Gasteiger partial charge in [-0.1, -0.05) is 11.6 Å². The molecule has 3 N–H and O–H groups in total. The van der Waals surface area contributed by atoms with Gasteiger partial charge in [0.1, 0.15) is 4.90 Å². The van der Waals surface area contributed by atoms with Crippen LogP contribution in [0.1, 0.15) is 10.7 Å². The maximum Gasteiger partial charge on any atom is 0.242 e. The van der Waals surface area contributed by atoms with Gasteiger partial charge in [-0.15, -0.1) is 11.3 Å². The number of hydrogen-bond acceptors (Lipinski definition) is 5. The maximum absolute atomic E-state index is 12.1. The van der Waals surface area contributed by atoms with Gasteiger partial charge in [0.05, 0.1) is 16.4 Å². The highest BCUT2D eigenvalue weighted by molar-refractivity contribution is 7.89. The Morgan fingerprint density at radius 3 is 2.85 bits per heavy atom. The third-order valence-electron chi connectivity index (χ3n) is 2.60. The third kappa shape index (κ3) is 3.69. The average molecular weight is 332 g/mol. The number of sulfonamides is 1. The second-order valence-electron chi connectivity index (χ2n) is 4.19. The predicted octanol–water partition coefficient (Wildman–Crippen LogP) is 2.21. The van der Waals surface area contributed by atoms with Crippen LogP contribution in [0.25, 0.3) is 0 Å². The van der Waals surface area contributed by atoms with Gasteiger partial charge < -0.3 is 5.73 Å². The average Bonchev–Trinajstić information content (AvgIpc) is 2.78. The first-order valence-corrected chi connectivity index (χ1v) is 8.58. The zero-order chi connectivity index (χ0) is 14.8. The number of rotatable bonds is 5. The van der Waals surface area contributed by atoms with E-state index in [2.05, 4.69) is 9.71 Å². The Balaban J connectivity index is 2.06. The predicted molar refractivity (Wildman–Crippen MR) is 81.6 cm³/mol. The number of nitrogens with two attached hydrogens (primary N) is 1. The molecule has 0 saturated heterocycles. The maximum atomic E-state index is 12.1. The van der Waals surface area contributed by atoms with Crippen LogP contribution in [0, 0.1) is 6.92 Å². The molecule has 1 aromatic carbocycles. The van der Waals surface area contributed by atoms with Gasteiger partial charge in [0.2, 0.25) is 10.0 Å². The Bertz CT molecular complexity index is 713. The van der Waals surface area contributed by atoms with Crippen molar-refractivity contribution in [2.45, 2.75) is 18.2 Å². The molecule has 0 bridgehead atoms. The van der Waals surface area contributed by atoms with Crippen molar-refractivity contribution in [3.63, 3.8) is 0 Å². The molecule has 0 saturated carbocycles. The van der Waals surface area contributed by atoms with Crippen molar-refractivity contribution in [2.75, 3.05) is 12.3 Å². The highest BCUT2D eigenvalue weighted by Crippen LogP contribution is 2.22. The lowest BCUT2D eigenvalue weighted by Crippen LogP contribution is -2.26. The van der Waals surface area contributed by atoms with Crippen LogP contribution in [0.15, 0.2) is 28.5 Å². The molecule has 0 aliphatic heterocycles. The van der Waals surface area contributed by atoms with E-state index < -0.39 is 10.0 Å². The molecule has 1 heterocycles. The van der Waals surface area contributed by atoms with E-state index in [0.717, 1.165) is 10.7 Å². The summed E-state index contributed by atoms with van der Waals surface area (Å²) < 4.78 is 26.8. The van der Waals surface area contributed by atoms with Crippen LogP contribution >= 0.6 is 22.9 Å². The summed E-state index contributed by atoms with van der Waals surface area (Å²) in [5.41, 5.74) is 6.72. The first kappa shape index (κ1) is 15.2. The Morgan fingerprint density at radius 1 is 1.45 bits per heavy atom. The monoisotopic (exact) mass is 331 g/mol. The first-order valence-electron chi connectivity index (χ1n) is 5.84. The van der Waals surface area contributed by atoms with Crippen LogP contribution < -0.4 is 10.5 Å². The number of benzene rings is 1. The van der Waals surface area contributed by atoms with Gasteiger partial charge in [-0.05, 0) is 25.1 Å². The summed E-state index contributed by atoms with van der Waals surface area (Å²) in [4.78, 5) is 4.27. The standard InChI is InChI=1S/C12H14ClN3O2S2/c1-8-16-10(7-19-8)4-5-15-20(17,18)12-6-9(13)2-3-11(12)14/h2-3,6-7,15H,4-5,14H2,1H3. The molecule has 2 rings (SSSR count). The molecule has 0 atom stereocenters. The molecule has 0 aliphatic rings. The topological polar surface area (TPSA) is 85.1 Å². The molecule has 0 unspecified atom stereocenters. The largest absolute Gasteiger partial charge is 0.398 e. The quantitative estimate of drug-likeness (QED) is 0.822. The number of nitrogens with zero attached hydrogens (tertiary/aromatic N) is 1. The van der Waals surface area contributed by atoms with Crippen molar-refractivity contribution in [3.05, 3.63) is 39.3 Å². The van der Waals surface area contributed by atoms with Crippen molar-refractivity contribution in [1.82, 2.24) is 9.71 Å². The van der Waals surface area contributed by atoms with E-state index in [1.165, 1.54) is 23.5 Å². The van der Waals surface area contributed by atoms with Crippen molar-refractivity contribution in [3.8, 4) is 0 Å². The van der Waals surface area contributed by atoms with Gasteiger partial charge in [0, 0.05) is 23.4 Å². The Hall–Kier alpha value is -1.15. The van der Waals surface area contributed by atoms with E-state index >= 15 is 0 Å². The first-order chi connectivity index (χ1) is 9.38. The Labute approximate surface area is 126 Å². The highest BCUT2D eigenvalue weighted by Gasteiger charge is 2.17. The van der Waals surface area contributed by atoms with Crippen molar-refractivity contribution >= 4 is 38.6 Å². The van der Waals surface area contributed by atoms with Gasteiger partial charge in [-0.25, -0.2) is 18.1 Å². The fraction of sp³-hybridized carbons (Fsp3) is 0.250. The second kappa shape index (κ2) is 6.09. The second-order valence-corrected chi connectivity index (χ2v) is 7.42. The number of aromatic nitrogens is 1. The smallest absolute Gasteiger partial charge is 0.242 e. The number of anilines is 1. The zero-order valence-electron chi connectivity index (χ0n) is 10.8. The normalized spacial score (nSPS) is 11.7. The number of halogens is 1. The van der Waals surface area contributed by atoms with E-state index in [-0.39, 0.29) is 17.1 Å². The molecule has 0 radical (unpaired) electrons. The molecule has 20 heavy (non-hydrogen) atoms. The van der Waals surface area contributed by atoms with Gasteiger partial charge in [-0.2, -0.15) is 0 Å². The molecule has 2 aromatic rings. The Morgan fingerprint density at radius 2 is 2.20 bits per heavy atom. The minimum absolute atomic E-state index is 0.000502. The molecule has 0 amide bonds. The van der Waals surface area contributed by atoms with E-state index in [1.807, 2.05) is 12.3 Å². The van der Waals surface area contributed by atoms with Crippen LogP contribution in [0.4, 0.5) is 5.69 Å². The SMILES string of the molecule is Cc1nc(CCNS(=O)(=O)c2cc(Cl)ccc2N)cs1. The molecule has 1 aromatic heterocycles. The summed E-state index contributed by atoms with van der Waals surface area (Å²) in [5.74, 6) is 0. The third-order valence-corrected chi connectivity index (χ3v) is 5.18. The lowest BCUT2D eigenvalue weighted by molar-refractivity contribution is 0.582. The zero-order valence-corrected chi connectivity index (χ0v) is 13.1. The molecule has 0 fully saturated rings. The molecule has 108 valence electrons. The lowest BCUT2D eigenvalue weighted by Gasteiger charge is -2.08. The highest BCUT2D eigenvalue weighted by atomic mass is 35.5. The van der Waals surface area contributed by atoms with Crippen LogP contribution in [0.5, 0.6) is 0 Å². The Kier molecular flexibility index (Phi) is 4.64. The molecule has 0 aliphatic carbocycles. The van der Waals surface area contributed by atoms with Crippen molar-refractivity contribution < 1.29 is 8.42 Å². The van der Waals surface area contributed by atoms with E-state index in [1.54, 1.807) is 6.07 Å². The number of hydrogen-bond donors (Lipinski definition) is 2. The van der Waals surface area contributed by atoms with Crippen LogP contribution in [0.2, 0.25) is 5.02 Å². The van der Waals surface area contributed by atoms with E-state index in [4.69, 9.17) is 17.3 Å². The summed E-state index contributed by atoms with van der Waals surface area (Å²) in [6, 6.07) is 4.36. The fourth-order valence-electron chi connectivity index (χ4n) is 1.66. The summed E-state index contributed by atoms with van der Waals surface area (Å²) in [6.45, 7) is 2.17. The van der Waals surface area contributed by atoms with Crippen LogP contribution in [0.3, 0.4) is 0 Å². The number of aryl methyl sites for hydroxylation is 1. The van der Waals surface area contributed by atoms with Crippen LogP contribution in [-0.2, 0) is 16.4 Å². The summed E-state index contributed by atoms with van der Waals surface area (Å²) in [5, 5.41) is 3.20. The number of nitrogen functional groups attached to an aromatic ring is 1. The number of nitrogens with one attached hydrogen (secondary N) is 1. The van der Waals surface area contributed by atoms with Gasteiger partial charge in [-0.3, -0.25) is 0 Å². The molecular weight excluding hydrogens is 318 g/mol. The number of thiazole rings is 1. The van der Waals surface area contributed by atoms with Crippen molar-refractivity contribution in [1.29, 1.82) is 0 Å². The van der Waals surface area contributed by atoms with E-state index in [0.29, 0.717) is 11.4 Å². The van der Waals surface area contributed by atoms with Gasteiger partial charge >= 0.3 is 0 Å². The molecule has 8 heteroatoms. The molecule has 5 nitrogen and oxygen atoms in total. The molecule has 0 spiro atoms.